The third-order valence-electron chi connectivity index (χ3n) is 1.76. The van der Waals surface area contributed by atoms with Crippen molar-refractivity contribution in [2.24, 2.45) is 0 Å². The fraction of sp³-hybridized carbons (Fsp3) is 0.111. The zero-order valence-corrected chi connectivity index (χ0v) is 9.59. The first-order chi connectivity index (χ1) is 6.75. The summed E-state index contributed by atoms with van der Waals surface area (Å²) in [5, 5.41) is 2.02. The van der Waals surface area contributed by atoms with Gasteiger partial charge >= 0.3 is 5.69 Å². The second-order valence-electron chi connectivity index (χ2n) is 2.79. The van der Waals surface area contributed by atoms with Gasteiger partial charge in [0.05, 0.1) is 10.3 Å². The van der Waals surface area contributed by atoms with Crippen molar-refractivity contribution in [3.8, 4) is 0 Å². The van der Waals surface area contributed by atoms with Crippen LogP contribution in [-0.4, -0.2) is 9.55 Å². The van der Waals surface area contributed by atoms with Crippen LogP contribution < -0.4 is 5.69 Å². The van der Waals surface area contributed by atoms with Gasteiger partial charge in [0.25, 0.3) is 0 Å². The third-order valence-corrected chi connectivity index (χ3v) is 3.31. The summed E-state index contributed by atoms with van der Waals surface area (Å²) in [5.74, 6) is 0. The highest BCUT2D eigenvalue weighted by Gasteiger charge is 1.99. The standard InChI is InChI=1S/C9H7BrN2OS/c10-8-4-7(6-14-8)5-12-3-1-2-11-9(12)13/h1-4,6H,5H2. The molecule has 0 saturated carbocycles. The Kier molecular flexibility index (Phi) is 2.79. The highest BCUT2D eigenvalue weighted by molar-refractivity contribution is 9.11. The smallest absolute Gasteiger partial charge is 0.295 e. The van der Waals surface area contributed by atoms with Crippen molar-refractivity contribution in [3.63, 3.8) is 0 Å². The van der Waals surface area contributed by atoms with Gasteiger partial charge in [-0.15, -0.1) is 11.3 Å². The van der Waals surface area contributed by atoms with Crippen LogP contribution in [0.1, 0.15) is 5.56 Å². The maximum atomic E-state index is 11.3. The van der Waals surface area contributed by atoms with E-state index in [0.29, 0.717) is 6.54 Å². The lowest BCUT2D eigenvalue weighted by molar-refractivity contribution is 0.728. The molecular formula is C9H7BrN2OS. The molecule has 2 heterocycles. The molecule has 5 heteroatoms. The monoisotopic (exact) mass is 270 g/mol. The second kappa shape index (κ2) is 4.06. The van der Waals surface area contributed by atoms with E-state index in [1.165, 1.54) is 6.20 Å². The first-order valence-corrected chi connectivity index (χ1v) is 5.67. The minimum absolute atomic E-state index is 0.213. The molecule has 0 fully saturated rings. The Morgan fingerprint density at radius 3 is 3.07 bits per heavy atom. The van der Waals surface area contributed by atoms with Gasteiger partial charge in [-0.05, 0) is 39.0 Å². The molecule has 0 aliphatic heterocycles. The predicted molar refractivity (Wildman–Crippen MR) is 59.6 cm³/mol. The lowest BCUT2D eigenvalue weighted by atomic mass is 10.3. The van der Waals surface area contributed by atoms with Gasteiger partial charge < -0.3 is 0 Å². The van der Waals surface area contributed by atoms with Gasteiger partial charge in [-0.25, -0.2) is 9.78 Å². The van der Waals surface area contributed by atoms with Gasteiger partial charge in [-0.2, -0.15) is 0 Å². The van der Waals surface area contributed by atoms with Gasteiger partial charge in [0.15, 0.2) is 0 Å². The van der Waals surface area contributed by atoms with E-state index in [1.54, 1.807) is 28.2 Å². The Balaban J connectivity index is 2.27. The van der Waals surface area contributed by atoms with Gasteiger partial charge in [-0.3, -0.25) is 4.57 Å². The first-order valence-electron chi connectivity index (χ1n) is 4.00. The van der Waals surface area contributed by atoms with E-state index in [-0.39, 0.29) is 5.69 Å². The first kappa shape index (κ1) is 9.61. The fourth-order valence-corrected chi connectivity index (χ4v) is 2.33. The molecule has 0 spiro atoms. The lowest BCUT2D eigenvalue weighted by Gasteiger charge is -2.00. The van der Waals surface area contributed by atoms with Crippen molar-refractivity contribution in [2.75, 3.05) is 0 Å². The molecule has 0 aliphatic rings. The molecule has 0 N–H and O–H groups in total. The van der Waals surface area contributed by atoms with Crippen LogP contribution in [0.3, 0.4) is 0 Å². The Hall–Kier alpha value is -0.940. The molecule has 0 aliphatic carbocycles. The number of hydrogen-bond donors (Lipinski definition) is 0. The summed E-state index contributed by atoms with van der Waals surface area (Å²) >= 11 is 4.99. The molecule has 0 unspecified atom stereocenters. The zero-order chi connectivity index (χ0) is 9.97. The quantitative estimate of drug-likeness (QED) is 0.838. The summed E-state index contributed by atoms with van der Waals surface area (Å²) in [6.45, 7) is 0.578. The van der Waals surface area contributed by atoms with E-state index in [9.17, 15) is 4.79 Å². The Morgan fingerprint density at radius 1 is 1.57 bits per heavy atom. The number of nitrogens with zero attached hydrogens (tertiary/aromatic N) is 2. The molecule has 2 aromatic heterocycles. The maximum absolute atomic E-state index is 11.3. The van der Waals surface area contributed by atoms with Crippen molar-refractivity contribution < 1.29 is 0 Å². The van der Waals surface area contributed by atoms with E-state index in [1.807, 2.05) is 11.4 Å². The molecule has 0 radical (unpaired) electrons. The molecule has 14 heavy (non-hydrogen) atoms. The van der Waals surface area contributed by atoms with Crippen LogP contribution in [0.2, 0.25) is 0 Å². The molecule has 0 bridgehead atoms. The maximum Gasteiger partial charge on any atom is 0.347 e. The molecule has 0 saturated heterocycles. The van der Waals surface area contributed by atoms with Crippen molar-refractivity contribution in [1.82, 2.24) is 9.55 Å². The van der Waals surface area contributed by atoms with E-state index in [4.69, 9.17) is 0 Å². The summed E-state index contributed by atoms with van der Waals surface area (Å²) in [4.78, 5) is 15.0. The number of thiophene rings is 1. The molecule has 2 aromatic rings. The average Bonchev–Trinajstić information content (AvgIpc) is 2.56. The van der Waals surface area contributed by atoms with E-state index < -0.39 is 0 Å². The van der Waals surface area contributed by atoms with Crippen LogP contribution in [0, 0.1) is 0 Å². The minimum atomic E-state index is -0.213. The Labute approximate surface area is 93.2 Å². The van der Waals surface area contributed by atoms with Crippen LogP contribution in [0.15, 0.2) is 38.5 Å². The summed E-state index contributed by atoms with van der Waals surface area (Å²) in [6.07, 6.45) is 3.24. The summed E-state index contributed by atoms with van der Waals surface area (Å²) < 4.78 is 2.65. The van der Waals surface area contributed by atoms with Crippen LogP contribution in [0.4, 0.5) is 0 Å². The van der Waals surface area contributed by atoms with Crippen LogP contribution in [0.5, 0.6) is 0 Å². The Morgan fingerprint density at radius 2 is 2.43 bits per heavy atom. The van der Waals surface area contributed by atoms with Crippen molar-refractivity contribution >= 4 is 27.3 Å². The highest BCUT2D eigenvalue weighted by Crippen LogP contribution is 2.20. The van der Waals surface area contributed by atoms with Crippen molar-refractivity contribution in [1.29, 1.82) is 0 Å². The molecule has 0 atom stereocenters. The number of aromatic nitrogens is 2. The van der Waals surface area contributed by atoms with Crippen LogP contribution >= 0.6 is 27.3 Å². The second-order valence-corrected chi connectivity index (χ2v) is 5.08. The average molecular weight is 271 g/mol. The lowest BCUT2D eigenvalue weighted by Crippen LogP contribution is -2.21. The zero-order valence-electron chi connectivity index (χ0n) is 7.18. The van der Waals surface area contributed by atoms with E-state index in [2.05, 4.69) is 20.9 Å². The largest absolute Gasteiger partial charge is 0.347 e. The molecule has 0 amide bonds. The summed E-state index contributed by atoms with van der Waals surface area (Å²) in [7, 11) is 0. The van der Waals surface area contributed by atoms with Gasteiger partial charge in [0, 0.05) is 12.4 Å². The van der Waals surface area contributed by atoms with Crippen LogP contribution in [0.25, 0.3) is 0 Å². The van der Waals surface area contributed by atoms with E-state index >= 15 is 0 Å². The number of hydrogen-bond acceptors (Lipinski definition) is 3. The molecular weight excluding hydrogens is 264 g/mol. The summed E-state index contributed by atoms with van der Waals surface area (Å²) in [5.41, 5.74) is 0.895. The topological polar surface area (TPSA) is 34.9 Å². The SMILES string of the molecule is O=c1ncccn1Cc1csc(Br)c1. The molecule has 2 rings (SSSR count). The Bertz CT molecular complexity index is 491. The minimum Gasteiger partial charge on any atom is -0.295 e. The van der Waals surface area contributed by atoms with Gasteiger partial charge in [0.2, 0.25) is 0 Å². The summed E-state index contributed by atoms with van der Waals surface area (Å²) in [6, 6.07) is 3.76. The third kappa shape index (κ3) is 2.10. The highest BCUT2D eigenvalue weighted by atomic mass is 79.9. The predicted octanol–water partition coefficient (Wildman–Crippen LogP) is 2.12. The number of halogens is 1. The van der Waals surface area contributed by atoms with Crippen molar-refractivity contribution in [3.05, 3.63) is 49.7 Å². The number of rotatable bonds is 2. The molecule has 0 aromatic carbocycles. The van der Waals surface area contributed by atoms with Crippen molar-refractivity contribution in [2.45, 2.75) is 6.54 Å². The van der Waals surface area contributed by atoms with E-state index in [0.717, 1.165) is 9.35 Å². The van der Waals surface area contributed by atoms with Gasteiger partial charge in [-0.1, -0.05) is 0 Å². The normalized spacial score (nSPS) is 10.4. The fourth-order valence-electron chi connectivity index (χ4n) is 1.13. The van der Waals surface area contributed by atoms with Crippen LogP contribution in [-0.2, 0) is 6.54 Å². The van der Waals surface area contributed by atoms with Gasteiger partial charge in [0.1, 0.15) is 0 Å². The molecule has 3 nitrogen and oxygen atoms in total. The molecule has 72 valence electrons.